The number of ether oxygens (including phenoxy) is 1. The first kappa shape index (κ1) is 14.0. The number of aromatic nitrogens is 2. The van der Waals surface area contributed by atoms with Gasteiger partial charge in [-0.3, -0.25) is 0 Å². The molecule has 0 amide bonds. The fourth-order valence-corrected chi connectivity index (χ4v) is 2.00. The van der Waals surface area contributed by atoms with E-state index in [2.05, 4.69) is 26.1 Å². The molecule has 0 radical (unpaired) electrons. The summed E-state index contributed by atoms with van der Waals surface area (Å²) < 4.78 is 10.0. The summed E-state index contributed by atoms with van der Waals surface area (Å²) >= 11 is 9.24. The standard InChI is InChI=1S/C12H10BrClN2O3/c1-2-18-12(17)11-16-15-10(19-11)9(13)7-3-5-8(14)6-4-7/h3-6,9H,2H2,1H3/t9-/m1/s1. The molecule has 1 aromatic heterocycles. The van der Waals surface area contributed by atoms with Gasteiger partial charge in [0.25, 0.3) is 0 Å². The molecule has 0 saturated carbocycles. The number of esters is 1. The third-order valence-electron chi connectivity index (χ3n) is 2.27. The van der Waals surface area contributed by atoms with Crippen molar-refractivity contribution in [2.45, 2.75) is 11.8 Å². The second kappa shape index (κ2) is 6.16. The van der Waals surface area contributed by atoms with Crippen LogP contribution in [0.5, 0.6) is 0 Å². The summed E-state index contributed by atoms with van der Waals surface area (Å²) in [6, 6.07) is 7.17. The topological polar surface area (TPSA) is 65.2 Å². The lowest BCUT2D eigenvalue weighted by atomic mass is 10.1. The van der Waals surface area contributed by atoms with Crippen molar-refractivity contribution in [3.8, 4) is 0 Å². The molecule has 0 saturated heterocycles. The van der Waals surface area contributed by atoms with Gasteiger partial charge >= 0.3 is 11.9 Å². The summed E-state index contributed by atoms with van der Waals surface area (Å²) in [5.74, 6) is -0.502. The number of carbonyl (C=O) groups excluding carboxylic acids is 1. The van der Waals surface area contributed by atoms with Crippen LogP contribution in [-0.2, 0) is 4.74 Å². The number of carbonyl (C=O) groups is 1. The molecule has 7 heteroatoms. The zero-order chi connectivity index (χ0) is 13.8. The third-order valence-corrected chi connectivity index (χ3v) is 3.44. The van der Waals surface area contributed by atoms with Crippen LogP contribution in [0.15, 0.2) is 28.7 Å². The largest absolute Gasteiger partial charge is 0.459 e. The van der Waals surface area contributed by atoms with E-state index in [9.17, 15) is 4.79 Å². The van der Waals surface area contributed by atoms with Crippen LogP contribution in [0.1, 0.15) is 33.9 Å². The molecule has 0 fully saturated rings. The molecule has 0 aliphatic rings. The van der Waals surface area contributed by atoms with Gasteiger partial charge in [-0.05, 0) is 24.6 Å². The number of rotatable bonds is 4. The second-order valence-corrected chi connectivity index (χ2v) is 4.93. The van der Waals surface area contributed by atoms with Crippen molar-refractivity contribution in [3.63, 3.8) is 0 Å². The Morgan fingerprint density at radius 1 is 1.42 bits per heavy atom. The lowest BCUT2D eigenvalue weighted by Crippen LogP contribution is -2.04. The summed E-state index contributed by atoms with van der Waals surface area (Å²) in [5, 5.41) is 8.11. The number of alkyl halides is 1. The predicted octanol–water partition coefficient (Wildman–Crippen LogP) is 3.38. The summed E-state index contributed by atoms with van der Waals surface area (Å²) in [5.41, 5.74) is 0.892. The molecule has 1 atom stereocenters. The molecule has 0 N–H and O–H groups in total. The first-order valence-electron chi connectivity index (χ1n) is 5.52. The third kappa shape index (κ3) is 3.33. The highest BCUT2D eigenvalue weighted by Crippen LogP contribution is 2.30. The maximum Gasteiger partial charge on any atom is 0.396 e. The lowest BCUT2D eigenvalue weighted by Gasteiger charge is -2.04. The minimum Gasteiger partial charge on any atom is -0.459 e. The molecule has 1 heterocycles. The van der Waals surface area contributed by atoms with Gasteiger partial charge < -0.3 is 9.15 Å². The van der Waals surface area contributed by atoms with Crippen molar-refractivity contribution in [3.05, 3.63) is 46.6 Å². The smallest absolute Gasteiger partial charge is 0.396 e. The maximum atomic E-state index is 11.4. The Labute approximate surface area is 123 Å². The number of nitrogens with zero attached hydrogens (tertiary/aromatic N) is 2. The molecular weight excluding hydrogens is 336 g/mol. The number of benzene rings is 1. The molecule has 1 aromatic carbocycles. The maximum absolute atomic E-state index is 11.4. The van der Waals surface area contributed by atoms with E-state index < -0.39 is 5.97 Å². The monoisotopic (exact) mass is 344 g/mol. The van der Waals surface area contributed by atoms with E-state index in [0.717, 1.165) is 5.56 Å². The van der Waals surface area contributed by atoms with Crippen molar-refractivity contribution < 1.29 is 13.9 Å². The van der Waals surface area contributed by atoms with Crippen LogP contribution in [0, 0.1) is 0 Å². The Morgan fingerprint density at radius 2 is 2.11 bits per heavy atom. The van der Waals surface area contributed by atoms with Gasteiger partial charge in [0.15, 0.2) is 0 Å². The zero-order valence-corrected chi connectivity index (χ0v) is 12.3. The molecule has 0 aliphatic carbocycles. The fourth-order valence-electron chi connectivity index (χ4n) is 1.39. The van der Waals surface area contributed by atoms with E-state index in [1.54, 1.807) is 19.1 Å². The number of halogens is 2. The van der Waals surface area contributed by atoms with Gasteiger partial charge in [-0.25, -0.2) is 4.79 Å². The Morgan fingerprint density at radius 3 is 2.74 bits per heavy atom. The highest BCUT2D eigenvalue weighted by atomic mass is 79.9. The van der Waals surface area contributed by atoms with Gasteiger partial charge in [-0.2, -0.15) is 0 Å². The van der Waals surface area contributed by atoms with Gasteiger partial charge in [0.1, 0.15) is 4.83 Å². The van der Waals surface area contributed by atoms with Crippen molar-refractivity contribution in [2.24, 2.45) is 0 Å². The van der Waals surface area contributed by atoms with Crippen LogP contribution in [0.4, 0.5) is 0 Å². The van der Waals surface area contributed by atoms with Crippen LogP contribution in [-0.4, -0.2) is 22.8 Å². The van der Waals surface area contributed by atoms with Crippen molar-refractivity contribution >= 4 is 33.5 Å². The quantitative estimate of drug-likeness (QED) is 0.628. The molecule has 0 aliphatic heterocycles. The molecule has 2 aromatic rings. The van der Waals surface area contributed by atoms with Crippen LogP contribution in [0.25, 0.3) is 0 Å². The Bertz CT molecular complexity index is 571. The van der Waals surface area contributed by atoms with Crippen LogP contribution in [0.2, 0.25) is 5.02 Å². The molecule has 0 bridgehead atoms. The fraction of sp³-hybridized carbons (Fsp3) is 0.250. The normalized spacial score (nSPS) is 12.2. The molecule has 100 valence electrons. The Balaban J connectivity index is 2.18. The van der Waals surface area contributed by atoms with E-state index in [4.69, 9.17) is 20.8 Å². The van der Waals surface area contributed by atoms with E-state index in [-0.39, 0.29) is 23.2 Å². The van der Waals surface area contributed by atoms with E-state index in [1.165, 1.54) is 0 Å². The summed E-state index contributed by atoms with van der Waals surface area (Å²) in [4.78, 5) is 11.1. The van der Waals surface area contributed by atoms with Crippen LogP contribution >= 0.6 is 27.5 Å². The van der Waals surface area contributed by atoms with Crippen molar-refractivity contribution in [1.82, 2.24) is 10.2 Å². The highest BCUT2D eigenvalue weighted by molar-refractivity contribution is 9.09. The van der Waals surface area contributed by atoms with Gasteiger partial charge in [0.2, 0.25) is 5.89 Å². The molecule has 5 nitrogen and oxygen atoms in total. The van der Waals surface area contributed by atoms with Crippen molar-refractivity contribution in [2.75, 3.05) is 6.61 Å². The second-order valence-electron chi connectivity index (χ2n) is 3.58. The minimum atomic E-state index is -0.628. The summed E-state index contributed by atoms with van der Waals surface area (Å²) in [6.45, 7) is 1.96. The Kier molecular flexibility index (Phi) is 4.55. The van der Waals surface area contributed by atoms with Crippen LogP contribution in [0.3, 0.4) is 0 Å². The molecular formula is C12H10BrClN2O3. The van der Waals surface area contributed by atoms with Gasteiger partial charge in [-0.1, -0.05) is 39.7 Å². The van der Waals surface area contributed by atoms with Crippen molar-refractivity contribution in [1.29, 1.82) is 0 Å². The van der Waals surface area contributed by atoms with E-state index >= 15 is 0 Å². The van der Waals surface area contributed by atoms with Crippen LogP contribution < -0.4 is 0 Å². The summed E-state index contributed by atoms with van der Waals surface area (Å²) in [7, 11) is 0. The minimum absolute atomic E-state index is 0.157. The first-order valence-corrected chi connectivity index (χ1v) is 6.81. The number of hydrogen-bond acceptors (Lipinski definition) is 5. The van der Waals surface area contributed by atoms with Gasteiger partial charge in [0, 0.05) is 5.02 Å². The number of hydrogen-bond donors (Lipinski definition) is 0. The average Bonchev–Trinajstić information content (AvgIpc) is 2.89. The van der Waals surface area contributed by atoms with Gasteiger partial charge in [0.05, 0.1) is 6.61 Å². The van der Waals surface area contributed by atoms with E-state index in [0.29, 0.717) is 5.02 Å². The SMILES string of the molecule is CCOC(=O)c1nnc([C@H](Br)c2ccc(Cl)cc2)o1. The average molecular weight is 346 g/mol. The zero-order valence-electron chi connectivity index (χ0n) is 9.97. The highest BCUT2D eigenvalue weighted by Gasteiger charge is 2.21. The molecule has 0 unspecified atom stereocenters. The first-order chi connectivity index (χ1) is 9.11. The lowest BCUT2D eigenvalue weighted by molar-refractivity contribution is 0.0479. The molecule has 0 spiro atoms. The Hall–Kier alpha value is -1.40. The molecule has 19 heavy (non-hydrogen) atoms. The van der Waals surface area contributed by atoms with E-state index in [1.807, 2.05) is 12.1 Å². The van der Waals surface area contributed by atoms with Gasteiger partial charge in [-0.15, -0.1) is 10.2 Å². The predicted molar refractivity (Wildman–Crippen MR) is 72.5 cm³/mol. The molecule has 2 rings (SSSR count). The summed E-state index contributed by atoms with van der Waals surface area (Å²) in [6.07, 6.45) is 0.